The van der Waals surface area contributed by atoms with E-state index in [2.05, 4.69) is 4.99 Å². The Morgan fingerprint density at radius 2 is 1.80 bits per heavy atom. The topological polar surface area (TPSA) is 127 Å². The molecule has 2 aromatic carbocycles. The third kappa shape index (κ3) is 4.27. The number of cyclic esters (lactones) is 1. The van der Waals surface area contributed by atoms with Gasteiger partial charge < -0.3 is 18.9 Å². The van der Waals surface area contributed by atoms with E-state index in [4.69, 9.17) is 18.9 Å². The summed E-state index contributed by atoms with van der Waals surface area (Å²) >= 11 is 0. The average Bonchev–Trinajstić information content (AvgIpc) is 3.07. The van der Waals surface area contributed by atoms with Crippen molar-refractivity contribution < 1.29 is 33.5 Å². The van der Waals surface area contributed by atoms with Gasteiger partial charge in [0, 0.05) is 18.6 Å². The van der Waals surface area contributed by atoms with Crippen LogP contribution in [0.1, 0.15) is 18.1 Å². The first-order chi connectivity index (χ1) is 14.3. The van der Waals surface area contributed by atoms with Gasteiger partial charge in [-0.1, -0.05) is 6.07 Å². The second-order valence-corrected chi connectivity index (χ2v) is 5.98. The Labute approximate surface area is 170 Å². The zero-order valence-electron chi connectivity index (χ0n) is 16.2. The maximum Gasteiger partial charge on any atom is 0.363 e. The number of nitro groups is 1. The number of rotatable bonds is 6. The fourth-order valence-electron chi connectivity index (χ4n) is 2.67. The van der Waals surface area contributed by atoms with Crippen molar-refractivity contribution in [1.82, 2.24) is 0 Å². The highest BCUT2D eigenvalue weighted by atomic mass is 16.6. The fourth-order valence-corrected chi connectivity index (χ4v) is 2.67. The molecule has 154 valence electrons. The van der Waals surface area contributed by atoms with Crippen LogP contribution in [0.3, 0.4) is 0 Å². The summed E-state index contributed by atoms with van der Waals surface area (Å²) in [5.74, 6) is -0.740. The lowest BCUT2D eigenvalue weighted by Gasteiger charge is -2.08. The molecule has 10 heteroatoms. The van der Waals surface area contributed by atoms with Crippen LogP contribution in [0, 0.1) is 10.1 Å². The van der Waals surface area contributed by atoms with Gasteiger partial charge in [-0.05, 0) is 35.9 Å². The van der Waals surface area contributed by atoms with Crippen molar-refractivity contribution in [3.8, 4) is 17.2 Å². The molecule has 0 amide bonds. The van der Waals surface area contributed by atoms with Crippen LogP contribution in [-0.4, -0.2) is 37.0 Å². The molecule has 0 saturated heterocycles. The largest absolute Gasteiger partial charge is 0.493 e. The second-order valence-electron chi connectivity index (χ2n) is 5.98. The summed E-state index contributed by atoms with van der Waals surface area (Å²) in [4.78, 5) is 38.2. The Morgan fingerprint density at radius 1 is 1.10 bits per heavy atom. The Balaban J connectivity index is 1.96. The van der Waals surface area contributed by atoms with Gasteiger partial charge in [0.1, 0.15) is 0 Å². The van der Waals surface area contributed by atoms with Crippen molar-refractivity contribution in [3.05, 3.63) is 63.3 Å². The zero-order valence-corrected chi connectivity index (χ0v) is 16.2. The normalized spacial score (nSPS) is 14.2. The molecule has 0 spiro atoms. The maximum atomic E-state index is 12.2. The first kappa shape index (κ1) is 20.5. The molecule has 30 heavy (non-hydrogen) atoms. The predicted molar refractivity (Wildman–Crippen MR) is 105 cm³/mol. The van der Waals surface area contributed by atoms with Gasteiger partial charge in [0.25, 0.3) is 0 Å². The van der Waals surface area contributed by atoms with E-state index in [1.807, 2.05) is 0 Å². The van der Waals surface area contributed by atoms with Gasteiger partial charge in [0.2, 0.25) is 5.90 Å². The van der Waals surface area contributed by atoms with E-state index in [1.165, 1.54) is 51.5 Å². The van der Waals surface area contributed by atoms with Crippen LogP contribution in [0.4, 0.5) is 5.69 Å². The summed E-state index contributed by atoms with van der Waals surface area (Å²) in [6.45, 7) is 1.25. The number of esters is 2. The predicted octanol–water partition coefficient (Wildman–Crippen LogP) is 2.88. The molecule has 0 aromatic heterocycles. The molecule has 0 saturated carbocycles. The monoisotopic (exact) mass is 412 g/mol. The SMILES string of the molecule is COc1ccc(C=C2N=C(c3ccc(OC)c([N+](=O)[O-])c3)OC2=O)cc1OC(C)=O. The highest BCUT2D eigenvalue weighted by Gasteiger charge is 2.26. The van der Waals surface area contributed by atoms with Crippen LogP contribution in [0.15, 0.2) is 47.1 Å². The molecule has 2 aromatic rings. The molecule has 0 bridgehead atoms. The van der Waals surface area contributed by atoms with Crippen molar-refractivity contribution in [2.45, 2.75) is 6.92 Å². The Bertz CT molecular complexity index is 1100. The molecule has 0 N–H and O–H groups in total. The third-order valence-electron chi connectivity index (χ3n) is 3.99. The number of ether oxygens (including phenoxy) is 4. The average molecular weight is 412 g/mol. The number of benzene rings is 2. The van der Waals surface area contributed by atoms with Crippen LogP contribution in [0.5, 0.6) is 17.2 Å². The number of nitro benzene ring substituents is 1. The number of aliphatic imine (C=N–C) groups is 1. The van der Waals surface area contributed by atoms with E-state index in [0.717, 1.165) is 0 Å². The van der Waals surface area contributed by atoms with Gasteiger partial charge in [-0.3, -0.25) is 14.9 Å². The number of nitrogens with zero attached hydrogens (tertiary/aromatic N) is 2. The van der Waals surface area contributed by atoms with Gasteiger partial charge in [-0.2, -0.15) is 0 Å². The first-order valence-corrected chi connectivity index (χ1v) is 8.54. The van der Waals surface area contributed by atoms with Crippen molar-refractivity contribution in [2.75, 3.05) is 14.2 Å². The lowest BCUT2D eigenvalue weighted by molar-refractivity contribution is -0.385. The maximum absolute atomic E-state index is 12.2. The van der Waals surface area contributed by atoms with Gasteiger partial charge in [-0.25, -0.2) is 9.79 Å². The third-order valence-corrected chi connectivity index (χ3v) is 3.99. The Morgan fingerprint density at radius 3 is 2.43 bits per heavy atom. The molecule has 0 atom stereocenters. The number of hydrogen-bond acceptors (Lipinski definition) is 9. The molecule has 3 rings (SSSR count). The van der Waals surface area contributed by atoms with Crippen molar-refractivity contribution >= 4 is 29.6 Å². The van der Waals surface area contributed by atoms with Crippen molar-refractivity contribution in [3.63, 3.8) is 0 Å². The number of methoxy groups -OCH3 is 2. The van der Waals surface area contributed by atoms with E-state index >= 15 is 0 Å². The highest BCUT2D eigenvalue weighted by Crippen LogP contribution is 2.31. The minimum Gasteiger partial charge on any atom is -0.493 e. The van der Waals surface area contributed by atoms with E-state index in [-0.39, 0.29) is 34.3 Å². The fraction of sp³-hybridized carbons (Fsp3) is 0.150. The minimum absolute atomic E-state index is 0.0255. The van der Waals surface area contributed by atoms with E-state index in [9.17, 15) is 19.7 Å². The summed E-state index contributed by atoms with van der Waals surface area (Å²) in [6.07, 6.45) is 1.43. The molecular formula is C20H16N2O8. The van der Waals surface area contributed by atoms with E-state index < -0.39 is 16.9 Å². The van der Waals surface area contributed by atoms with Gasteiger partial charge in [0.15, 0.2) is 22.9 Å². The smallest absolute Gasteiger partial charge is 0.363 e. The van der Waals surface area contributed by atoms with Crippen molar-refractivity contribution in [1.29, 1.82) is 0 Å². The van der Waals surface area contributed by atoms with Crippen molar-refractivity contribution in [2.24, 2.45) is 4.99 Å². The van der Waals surface area contributed by atoms with Crippen LogP contribution >= 0.6 is 0 Å². The highest BCUT2D eigenvalue weighted by molar-refractivity contribution is 6.13. The van der Waals surface area contributed by atoms with E-state index in [0.29, 0.717) is 11.3 Å². The minimum atomic E-state index is -0.728. The number of carbonyl (C=O) groups is 2. The van der Waals surface area contributed by atoms with Crippen LogP contribution in [-0.2, 0) is 14.3 Å². The molecule has 0 radical (unpaired) electrons. The van der Waals surface area contributed by atoms with Gasteiger partial charge >= 0.3 is 17.6 Å². The molecule has 0 aliphatic carbocycles. The number of hydrogen-bond donors (Lipinski definition) is 0. The molecule has 1 aliphatic rings. The van der Waals surface area contributed by atoms with Crippen LogP contribution in [0.2, 0.25) is 0 Å². The first-order valence-electron chi connectivity index (χ1n) is 8.54. The summed E-state index contributed by atoms with van der Waals surface area (Å²) in [5.41, 5.74) is 0.439. The number of carbonyl (C=O) groups excluding carboxylic acids is 2. The Kier molecular flexibility index (Phi) is 5.77. The summed E-state index contributed by atoms with van der Waals surface area (Å²) < 4.78 is 20.3. The quantitative estimate of drug-likeness (QED) is 0.233. The molecule has 1 aliphatic heterocycles. The van der Waals surface area contributed by atoms with Gasteiger partial charge in [-0.15, -0.1) is 0 Å². The molecule has 10 nitrogen and oxygen atoms in total. The molecule has 0 unspecified atom stereocenters. The lowest BCUT2D eigenvalue weighted by atomic mass is 10.1. The summed E-state index contributed by atoms with van der Waals surface area (Å²) in [5, 5.41) is 11.2. The summed E-state index contributed by atoms with van der Waals surface area (Å²) in [6, 6.07) is 8.81. The molecule has 1 heterocycles. The lowest BCUT2D eigenvalue weighted by Crippen LogP contribution is -2.06. The second kappa shape index (κ2) is 8.43. The zero-order chi connectivity index (χ0) is 21.8. The van der Waals surface area contributed by atoms with Gasteiger partial charge in [0.05, 0.1) is 19.1 Å². The summed E-state index contributed by atoms with van der Waals surface area (Å²) in [7, 11) is 2.74. The molecule has 0 fully saturated rings. The molecular weight excluding hydrogens is 396 g/mol. The van der Waals surface area contributed by atoms with E-state index in [1.54, 1.807) is 12.1 Å². The Hall–Kier alpha value is -4.21. The standard InChI is InChI=1S/C20H16N2O8/c1-11(23)29-18-9-12(4-6-17(18)28-3)8-14-20(24)30-19(21-14)13-5-7-16(27-2)15(10-13)22(25)26/h4-10H,1-3H3. The van der Waals surface area contributed by atoms with Crippen LogP contribution < -0.4 is 14.2 Å². The van der Waals surface area contributed by atoms with Crippen LogP contribution in [0.25, 0.3) is 6.08 Å².